The van der Waals surface area contributed by atoms with E-state index in [1.165, 1.54) is 0 Å². The number of hydrogen-bond donors (Lipinski definition) is 7. The summed E-state index contributed by atoms with van der Waals surface area (Å²) in [7, 11) is 0. The highest BCUT2D eigenvalue weighted by Crippen LogP contribution is 1.92. The topological polar surface area (TPSA) is 217 Å². The van der Waals surface area contributed by atoms with Gasteiger partial charge in [0.2, 0.25) is 23.6 Å². The molecular weight excluding hydrogens is 342 g/mol. The molecule has 0 radical (unpaired) electrons. The highest BCUT2D eigenvalue weighted by atomic mass is 16.4. The van der Waals surface area contributed by atoms with Crippen LogP contribution in [0.25, 0.3) is 0 Å². The van der Waals surface area contributed by atoms with Gasteiger partial charge in [0.15, 0.2) is 0 Å². The van der Waals surface area contributed by atoms with Crippen LogP contribution in [0.5, 0.6) is 0 Å². The molecule has 8 N–H and O–H groups in total. The number of carboxylic acids is 2. The second-order valence-electron chi connectivity index (χ2n) is 4.59. The number of carbonyl (C=O) groups excluding carboxylic acids is 4. The second-order valence-corrected chi connectivity index (χ2v) is 4.59. The van der Waals surface area contributed by atoms with Gasteiger partial charge in [0.05, 0.1) is 32.6 Å². The molecule has 0 aromatic carbocycles. The molecule has 4 amide bonds. The van der Waals surface area contributed by atoms with Crippen molar-refractivity contribution in [3.8, 4) is 0 Å². The minimum atomic E-state index is -1.63. The van der Waals surface area contributed by atoms with Gasteiger partial charge in [-0.3, -0.25) is 24.0 Å². The van der Waals surface area contributed by atoms with Crippen molar-refractivity contribution in [3.05, 3.63) is 0 Å². The van der Waals surface area contributed by atoms with E-state index in [9.17, 15) is 28.8 Å². The molecule has 13 heteroatoms. The molecule has 0 aromatic rings. The fourth-order valence-corrected chi connectivity index (χ4v) is 1.35. The highest BCUT2D eigenvalue weighted by Gasteiger charge is 2.23. The molecular formula is C12H19N5O8. The predicted octanol–water partition coefficient (Wildman–Crippen LogP) is -4.66. The van der Waals surface area contributed by atoms with Crippen molar-refractivity contribution in [2.24, 2.45) is 5.73 Å². The van der Waals surface area contributed by atoms with E-state index in [0.717, 1.165) is 0 Å². The van der Waals surface area contributed by atoms with E-state index in [-0.39, 0.29) is 13.1 Å². The van der Waals surface area contributed by atoms with Gasteiger partial charge >= 0.3 is 11.9 Å². The minimum Gasteiger partial charge on any atom is -0.481 e. The van der Waals surface area contributed by atoms with Crippen LogP contribution in [0, 0.1) is 0 Å². The Hall–Kier alpha value is -3.22. The molecule has 0 aliphatic carbocycles. The first-order chi connectivity index (χ1) is 11.6. The van der Waals surface area contributed by atoms with Gasteiger partial charge in [-0.05, 0) is 0 Å². The molecule has 0 saturated carbocycles. The zero-order chi connectivity index (χ0) is 19.4. The summed E-state index contributed by atoms with van der Waals surface area (Å²) in [5.41, 5.74) is 5.01. The van der Waals surface area contributed by atoms with Gasteiger partial charge < -0.3 is 37.2 Å². The Kier molecular flexibility index (Phi) is 9.88. The van der Waals surface area contributed by atoms with Crippen molar-refractivity contribution in [2.75, 3.05) is 26.2 Å². The Morgan fingerprint density at radius 2 is 1.20 bits per heavy atom. The molecule has 140 valence electrons. The lowest BCUT2D eigenvalue weighted by Crippen LogP contribution is -2.48. The van der Waals surface area contributed by atoms with Crippen LogP contribution in [0.3, 0.4) is 0 Å². The Labute approximate surface area is 141 Å². The predicted molar refractivity (Wildman–Crippen MR) is 79.9 cm³/mol. The van der Waals surface area contributed by atoms with Crippen LogP contribution in [0.2, 0.25) is 0 Å². The number of carbonyl (C=O) groups is 6. The lowest BCUT2D eigenvalue weighted by atomic mass is 10.2. The van der Waals surface area contributed by atoms with Gasteiger partial charge in [-0.1, -0.05) is 0 Å². The average Bonchev–Trinajstić information content (AvgIpc) is 2.54. The summed E-state index contributed by atoms with van der Waals surface area (Å²) in [4.78, 5) is 66.2. The zero-order valence-electron chi connectivity index (χ0n) is 13.0. The molecule has 0 aromatic heterocycles. The summed E-state index contributed by atoms with van der Waals surface area (Å²) >= 11 is 0. The summed E-state index contributed by atoms with van der Waals surface area (Å²) in [5.74, 6) is -5.82. The van der Waals surface area contributed by atoms with E-state index < -0.39 is 61.1 Å². The number of amides is 4. The monoisotopic (exact) mass is 361 g/mol. The Balaban J connectivity index is 4.09. The second kappa shape index (κ2) is 11.3. The molecule has 0 heterocycles. The lowest BCUT2D eigenvalue weighted by molar-refractivity contribution is -0.147. The SMILES string of the molecule is NCC(=O)NCC(=O)NCC(=O)NCC(=O)N[C@@H](CC(=O)O)C(=O)O. The van der Waals surface area contributed by atoms with Gasteiger partial charge in [0.25, 0.3) is 0 Å². The van der Waals surface area contributed by atoms with E-state index in [1.807, 2.05) is 5.32 Å². The van der Waals surface area contributed by atoms with Crippen LogP contribution in [0.1, 0.15) is 6.42 Å². The standard InChI is InChI=1S/C12H19N5O8/c13-2-7(18)14-3-8(19)15-4-9(20)16-5-10(21)17-6(12(24)25)1-11(22)23/h6H,1-5,13H2,(H,14,18)(H,15,19)(H,16,20)(H,17,21)(H,22,23)(H,24,25)/t6-/m0/s1. The first-order valence-electron chi connectivity index (χ1n) is 6.89. The van der Waals surface area contributed by atoms with E-state index >= 15 is 0 Å². The third-order valence-electron chi connectivity index (χ3n) is 2.54. The number of hydrogen-bond acceptors (Lipinski definition) is 7. The van der Waals surface area contributed by atoms with Crippen LogP contribution in [0.15, 0.2) is 0 Å². The van der Waals surface area contributed by atoms with Gasteiger partial charge in [-0.2, -0.15) is 0 Å². The normalized spacial score (nSPS) is 10.9. The molecule has 0 rings (SSSR count). The van der Waals surface area contributed by atoms with Gasteiger partial charge in [0.1, 0.15) is 6.04 Å². The summed E-state index contributed by atoms with van der Waals surface area (Å²) < 4.78 is 0. The third-order valence-corrected chi connectivity index (χ3v) is 2.54. The summed E-state index contributed by atoms with van der Waals surface area (Å²) in [6, 6.07) is -1.63. The smallest absolute Gasteiger partial charge is 0.326 e. The average molecular weight is 361 g/mol. The van der Waals surface area contributed by atoms with Gasteiger partial charge in [0, 0.05) is 0 Å². The van der Waals surface area contributed by atoms with E-state index in [1.54, 1.807) is 0 Å². The largest absolute Gasteiger partial charge is 0.481 e. The fourth-order valence-electron chi connectivity index (χ4n) is 1.35. The maximum atomic E-state index is 11.5. The highest BCUT2D eigenvalue weighted by molar-refractivity contribution is 5.91. The molecule has 0 aliphatic heterocycles. The molecule has 0 spiro atoms. The van der Waals surface area contributed by atoms with Crippen LogP contribution in [0.4, 0.5) is 0 Å². The lowest BCUT2D eigenvalue weighted by Gasteiger charge is -2.13. The number of nitrogens with one attached hydrogen (secondary N) is 4. The summed E-state index contributed by atoms with van der Waals surface area (Å²) in [6.45, 7) is -1.76. The van der Waals surface area contributed by atoms with Crippen LogP contribution in [-0.4, -0.2) is 78.0 Å². The van der Waals surface area contributed by atoms with Crippen molar-refractivity contribution in [1.82, 2.24) is 21.3 Å². The minimum absolute atomic E-state index is 0.290. The van der Waals surface area contributed by atoms with E-state index in [0.29, 0.717) is 0 Å². The van der Waals surface area contributed by atoms with Crippen LogP contribution < -0.4 is 27.0 Å². The van der Waals surface area contributed by atoms with Crippen LogP contribution >= 0.6 is 0 Å². The molecule has 0 aliphatic rings. The number of carboxylic acid groups (broad SMARTS) is 2. The fraction of sp³-hybridized carbons (Fsp3) is 0.500. The maximum Gasteiger partial charge on any atom is 0.326 e. The van der Waals surface area contributed by atoms with Crippen molar-refractivity contribution < 1.29 is 39.0 Å². The Bertz CT molecular complexity index is 550. The van der Waals surface area contributed by atoms with Crippen molar-refractivity contribution >= 4 is 35.6 Å². The summed E-state index contributed by atoms with van der Waals surface area (Å²) in [5, 5.41) is 25.6. The van der Waals surface area contributed by atoms with Crippen LogP contribution in [-0.2, 0) is 28.8 Å². The third kappa shape index (κ3) is 11.0. The van der Waals surface area contributed by atoms with Crippen molar-refractivity contribution in [3.63, 3.8) is 0 Å². The van der Waals surface area contributed by atoms with Crippen molar-refractivity contribution in [1.29, 1.82) is 0 Å². The summed E-state index contributed by atoms with van der Waals surface area (Å²) in [6.07, 6.45) is -0.820. The molecule has 0 bridgehead atoms. The van der Waals surface area contributed by atoms with Crippen molar-refractivity contribution in [2.45, 2.75) is 12.5 Å². The number of aliphatic carboxylic acids is 2. The Morgan fingerprint density at radius 3 is 1.60 bits per heavy atom. The Morgan fingerprint density at radius 1 is 0.760 bits per heavy atom. The first-order valence-corrected chi connectivity index (χ1v) is 6.89. The van der Waals surface area contributed by atoms with E-state index in [2.05, 4.69) is 16.0 Å². The van der Waals surface area contributed by atoms with Gasteiger partial charge in [-0.25, -0.2) is 4.79 Å². The maximum absolute atomic E-state index is 11.5. The number of rotatable bonds is 11. The van der Waals surface area contributed by atoms with Gasteiger partial charge in [-0.15, -0.1) is 0 Å². The molecule has 13 nitrogen and oxygen atoms in total. The molecule has 0 unspecified atom stereocenters. The molecule has 1 atom stereocenters. The van der Waals surface area contributed by atoms with E-state index in [4.69, 9.17) is 15.9 Å². The molecule has 25 heavy (non-hydrogen) atoms. The quantitative estimate of drug-likeness (QED) is 0.188. The molecule has 0 saturated heterocycles. The first kappa shape index (κ1) is 21.8. The molecule has 0 fully saturated rings. The zero-order valence-corrected chi connectivity index (χ0v) is 13.0. The number of nitrogens with two attached hydrogens (primary N) is 1.